The fraction of sp³-hybridized carbons (Fsp3) is 0.200. The van der Waals surface area contributed by atoms with E-state index in [9.17, 15) is 0 Å². The minimum absolute atomic E-state index is 1.12. The third kappa shape index (κ3) is 0.931. The molecule has 38 valence electrons. The number of hydrogen-bond donors (Lipinski definition) is 0. The molecule has 1 aromatic rings. The molecule has 0 spiro atoms. The van der Waals surface area contributed by atoms with E-state index in [0.29, 0.717) is 0 Å². The summed E-state index contributed by atoms with van der Waals surface area (Å²) in [6.45, 7) is 0. The summed E-state index contributed by atoms with van der Waals surface area (Å²) in [6.07, 6.45) is 1.72. The van der Waals surface area contributed by atoms with Crippen molar-refractivity contribution in [2.45, 2.75) is 6.04 Å². The average molecular weight is 112 g/mol. The van der Waals surface area contributed by atoms with Gasteiger partial charge in [0.2, 0.25) is 0 Å². The van der Waals surface area contributed by atoms with Crippen molar-refractivity contribution < 1.29 is 4.42 Å². The van der Waals surface area contributed by atoms with Crippen LogP contribution in [0.4, 0.5) is 0 Å². The second-order valence-corrected chi connectivity index (χ2v) is 2.14. The quantitative estimate of drug-likeness (QED) is 0.471. The van der Waals surface area contributed by atoms with Crippen LogP contribution in [0.15, 0.2) is 22.8 Å². The first-order chi connectivity index (χ1) is 3.43. The van der Waals surface area contributed by atoms with Gasteiger partial charge in [-0.2, -0.15) is 0 Å². The van der Waals surface area contributed by atoms with E-state index in [4.69, 9.17) is 4.42 Å². The highest BCUT2D eigenvalue weighted by Crippen LogP contribution is 1.96. The molecule has 0 aliphatic rings. The summed E-state index contributed by atoms with van der Waals surface area (Å²) in [7, 11) is 1.20. The SMILES string of the molecule is [SiH3]Cc1ccco1. The zero-order chi connectivity index (χ0) is 5.11. The van der Waals surface area contributed by atoms with Gasteiger partial charge >= 0.3 is 0 Å². The number of hydrogen-bond acceptors (Lipinski definition) is 1. The third-order valence-electron chi connectivity index (χ3n) is 0.929. The van der Waals surface area contributed by atoms with Crippen LogP contribution in [0.1, 0.15) is 5.76 Å². The molecule has 1 aromatic heterocycles. The van der Waals surface area contributed by atoms with Crippen molar-refractivity contribution in [2.24, 2.45) is 0 Å². The van der Waals surface area contributed by atoms with Gasteiger partial charge in [-0.05, 0) is 18.2 Å². The second-order valence-electron chi connectivity index (χ2n) is 1.43. The predicted molar refractivity (Wildman–Crippen MR) is 32.4 cm³/mol. The van der Waals surface area contributed by atoms with E-state index in [1.165, 1.54) is 10.2 Å². The molecule has 2 heteroatoms. The summed E-state index contributed by atoms with van der Waals surface area (Å²) in [6, 6.07) is 5.06. The van der Waals surface area contributed by atoms with E-state index >= 15 is 0 Å². The largest absolute Gasteiger partial charge is 0.470 e. The van der Waals surface area contributed by atoms with E-state index in [-0.39, 0.29) is 0 Å². The van der Waals surface area contributed by atoms with Crippen LogP contribution in [0.3, 0.4) is 0 Å². The van der Waals surface area contributed by atoms with Gasteiger partial charge in [0, 0.05) is 10.2 Å². The van der Waals surface area contributed by atoms with Gasteiger partial charge < -0.3 is 4.42 Å². The van der Waals surface area contributed by atoms with Gasteiger partial charge in [-0.3, -0.25) is 0 Å². The molecule has 0 unspecified atom stereocenters. The van der Waals surface area contributed by atoms with Crippen molar-refractivity contribution in [1.82, 2.24) is 0 Å². The number of rotatable bonds is 1. The van der Waals surface area contributed by atoms with Crippen LogP contribution in [-0.2, 0) is 6.04 Å². The fourth-order valence-electron chi connectivity index (χ4n) is 0.514. The first kappa shape index (κ1) is 4.65. The molecule has 0 aromatic carbocycles. The first-order valence-corrected chi connectivity index (χ1v) is 3.87. The lowest BCUT2D eigenvalue weighted by atomic mass is 10.5. The summed E-state index contributed by atoms with van der Waals surface area (Å²) < 4.78 is 5.02. The Balaban J connectivity index is 2.76. The minimum Gasteiger partial charge on any atom is -0.470 e. The maximum atomic E-state index is 5.02. The Morgan fingerprint density at radius 1 is 1.71 bits per heavy atom. The zero-order valence-electron chi connectivity index (χ0n) is 4.35. The van der Waals surface area contributed by atoms with Crippen molar-refractivity contribution in [3.63, 3.8) is 0 Å². The minimum atomic E-state index is 1.12. The fourth-order valence-corrected chi connectivity index (χ4v) is 0.916. The van der Waals surface area contributed by atoms with Gasteiger partial charge in [0.25, 0.3) is 0 Å². The van der Waals surface area contributed by atoms with E-state index in [0.717, 1.165) is 11.8 Å². The van der Waals surface area contributed by atoms with Gasteiger partial charge in [0.15, 0.2) is 0 Å². The van der Waals surface area contributed by atoms with Crippen molar-refractivity contribution in [3.8, 4) is 0 Å². The molecule has 1 heterocycles. The maximum absolute atomic E-state index is 5.02. The Morgan fingerprint density at radius 3 is 2.86 bits per heavy atom. The van der Waals surface area contributed by atoms with Crippen LogP contribution in [0.25, 0.3) is 0 Å². The van der Waals surface area contributed by atoms with Gasteiger partial charge in [-0.1, -0.05) is 0 Å². The molecule has 0 amide bonds. The topological polar surface area (TPSA) is 13.1 Å². The molecule has 0 saturated carbocycles. The summed E-state index contributed by atoms with van der Waals surface area (Å²) >= 11 is 0. The lowest BCUT2D eigenvalue weighted by molar-refractivity contribution is 0.529. The van der Waals surface area contributed by atoms with Gasteiger partial charge in [0.05, 0.1) is 12.0 Å². The molecule has 0 saturated heterocycles. The Morgan fingerprint density at radius 2 is 2.57 bits per heavy atom. The molecule has 0 N–H and O–H groups in total. The van der Waals surface area contributed by atoms with Crippen LogP contribution in [0.5, 0.6) is 0 Å². The van der Waals surface area contributed by atoms with Crippen molar-refractivity contribution in [1.29, 1.82) is 0 Å². The van der Waals surface area contributed by atoms with Crippen LogP contribution < -0.4 is 0 Å². The highest BCUT2D eigenvalue weighted by Gasteiger charge is 1.84. The van der Waals surface area contributed by atoms with Gasteiger partial charge in [-0.25, -0.2) is 0 Å². The average Bonchev–Trinajstić information content (AvgIpc) is 2.14. The molecule has 0 atom stereocenters. The normalized spacial score (nSPS) is 9.71. The summed E-state index contributed by atoms with van der Waals surface area (Å²) in [5, 5.41) is 0. The van der Waals surface area contributed by atoms with Crippen LogP contribution >= 0.6 is 0 Å². The molecule has 0 aliphatic heterocycles. The Hall–Kier alpha value is -0.503. The highest BCUT2D eigenvalue weighted by molar-refractivity contribution is 6.08. The van der Waals surface area contributed by atoms with E-state index in [1.54, 1.807) is 6.26 Å². The Bertz CT molecular complexity index is 123. The van der Waals surface area contributed by atoms with Gasteiger partial charge in [-0.15, -0.1) is 0 Å². The van der Waals surface area contributed by atoms with Crippen molar-refractivity contribution in [2.75, 3.05) is 0 Å². The molecule has 0 bridgehead atoms. The maximum Gasteiger partial charge on any atom is 0.0997 e. The lowest BCUT2D eigenvalue weighted by Gasteiger charge is -1.79. The second kappa shape index (κ2) is 1.98. The molecule has 1 rings (SSSR count). The lowest BCUT2D eigenvalue weighted by Crippen LogP contribution is -1.73. The molecule has 0 aliphatic carbocycles. The number of furan rings is 1. The predicted octanol–water partition coefficient (Wildman–Crippen LogP) is 0.145. The van der Waals surface area contributed by atoms with Crippen LogP contribution in [0, 0.1) is 0 Å². The summed E-state index contributed by atoms with van der Waals surface area (Å²) in [4.78, 5) is 0. The van der Waals surface area contributed by atoms with Gasteiger partial charge in [0.1, 0.15) is 0 Å². The third-order valence-corrected chi connectivity index (χ3v) is 1.63. The van der Waals surface area contributed by atoms with Crippen molar-refractivity contribution in [3.05, 3.63) is 24.2 Å². The monoisotopic (exact) mass is 112 g/mol. The highest BCUT2D eigenvalue weighted by atomic mass is 28.1. The van der Waals surface area contributed by atoms with E-state index in [2.05, 4.69) is 0 Å². The van der Waals surface area contributed by atoms with Crippen molar-refractivity contribution >= 4 is 10.2 Å². The molecular formula is C5H8OSi. The molecule has 7 heavy (non-hydrogen) atoms. The smallest absolute Gasteiger partial charge is 0.0997 e. The van der Waals surface area contributed by atoms with Crippen LogP contribution in [-0.4, -0.2) is 10.2 Å². The van der Waals surface area contributed by atoms with E-state index < -0.39 is 0 Å². The Labute approximate surface area is 45.8 Å². The molecule has 0 fully saturated rings. The molecule has 0 radical (unpaired) electrons. The standard InChI is InChI=1S/C5H8OSi/c7-4-5-2-1-3-6-5/h1-3H,4H2,7H3. The molecule has 1 nitrogen and oxygen atoms in total. The zero-order valence-corrected chi connectivity index (χ0v) is 6.35. The van der Waals surface area contributed by atoms with Crippen LogP contribution in [0.2, 0.25) is 0 Å². The Kier molecular flexibility index (Phi) is 1.31. The summed E-state index contributed by atoms with van der Waals surface area (Å²) in [5.74, 6) is 1.12. The molecular weight excluding hydrogens is 104 g/mol. The van der Waals surface area contributed by atoms with E-state index in [1.807, 2.05) is 12.1 Å². The first-order valence-electron chi connectivity index (χ1n) is 2.46. The summed E-state index contributed by atoms with van der Waals surface area (Å²) in [5.41, 5.74) is 0.